The van der Waals surface area contributed by atoms with Crippen molar-refractivity contribution in [3.63, 3.8) is 0 Å². The first-order chi connectivity index (χ1) is 9.04. The maximum Gasteiger partial charge on any atom is 0.163 e. The third-order valence-corrected chi connectivity index (χ3v) is 3.06. The fourth-order valence-electron chi connectivity index (χ4n) is 1.83. The van der Waals surface area contributed by atoms with Crippen molar-refractivity contribution in [1.82, 2.24) is 5.43 Å². The van der Waals surface area contributed by atoms with Gasteiger partial charge >= 0.3 is 0 Å². The van der Waals surface area contributed by atoms with Crippen molar-refractivity contribution in [3.8, 4) is 0 Å². The van der Waals surface area contributed by atoms with Crippen molar-refractivity contribution < 1.29 is 13.2 Å². The minimum Gasteiger partial charge on any atom is -0.271 e. The van der Waals surface area contributed by atoms with E-state index in [1.54, 1.807) is 0 Å². The molecule has 2 nitrogen and oxygen atoms in total. The van der Waals surface area contributed by atoms with Crippen molar-refractivity contribution in [2.75, 3.05) is 0 Å². The molecule has 0 spiro atoms. The van der Waals surface area contributed by atoms with E-state index in [1.807, 2.05) is 0 Å². The Morgan fingerprint density at radius 3 is 2.42 bits per heavy atom. The number of hydrogen-bond donors (Lipinski definition) is 2. The van der Waals surface area contributed by atoms with E-state index in [0.29, 0.717) is 5.56 Å². The van der Waals surface area contributed by atoms with Crippen molar-refractivity contribution >= 4 is 11.6 Å². The summed E-state index contributed by atoms with van der Waals surface area (Å²) in [5.41, 5.74) is 2.70. The van der Waals surface area contributed by atoms with Gasteiger partial charge < -0.3 is 0 Å². The van der Waals surface area contributed by atoms with Crippen LogP contribution in [0.25, 0.3) is 0 Å². The summed E-state index contributed by atoms with van der Waals surface area (Å²) in [5, 5.41) is 0.0756. The fraction of sp³-hybridized carbons (Fsp3) is 0.0769. The van der Waals surface area contributed by atoms with Gasteiger partial charge in [0.05, 0.1) is 6.04 Å². The maximum absolute atomic E-state index is 13.7. The van der Waals surface area contributed by atoms with Crippen molar-refractivity contribution in [1.29, 1.82) is 0 Å². The molecule has 2 aromatic rings. The molecule has 3 N–H and O–H groups in total. The van der Waals surface area contributed by atoms with Crippen LogP contribution in [0.5, 0.6) is 0 Å². The lowest BCUT2D eigenvalue weighted by Crippen LogP contribution is -2.30. The largest absolute Gasteiger partial charge is 0.271 e. The number of hydrogen-bond acceptors (Lipinski definition) is 2. The van der Waals surface area contributed by atoms with Gasteiger partial charge in [0.2, 0.25) is 0 Å². The van der Waals surface area contributed by atoms with Crippen LogP contribution in [0.1, 0.15) is 17.2 Å². The van der Waals surface area contributed by atoms with Crippen LogP contribution in [0.2, 0.25) is 5.02 Å². The third kappa shape index (κ3) is 2.73. The smallest absolute Gasteiger partial charge is 0.163 e. The van der Waals surface area contributed by atoms with Crippen LogP contribution in [0.15, 0.2) is 36.4 Å². The normalized spacial score (nSPS) is 12.5. The summed E-state index contributed by atoms with van der Waals surface area (Å²) >= 11 is 5.89. The number of hydrazine groups is 1. The van der Waals surface area contributed by atoms with Gasteiger partial charge in [0, 0.05) is 10.6 Å². The van der Waals surface area contributed by atoms with Gasteiger partial charge in [0.1, 0.15) is 5.82 Å². The van der Waals surface area contributed by atoms with Crippen molar-refractivity contribution in [2.24, 2.45) is 5.84 Å². The van der Waals surface area contributed by atoms with E-state index in [2.05, 4.69) is 5.43 Å². The van der Waals surface area contributed by atoms with Crippen molar-refractivity contribution in [3.05, 3.63) is 70.0 Å². The van der Waals surface area contributed by atoms with E-state index in [1.165, 1.54) is 24.3 Å². The summed E-state index contributed by atoms with van der Waals surface area (Å²) in [4.78, 5) is 0. The average Bonchev–Trinajstić information content (AvgIpc) is 2.37. The van der Waals surface area contributed by atoms with Crippen LogP contribution >= 0.6 is 11.6 Å². The molecule has 19 heavy (non-hydrogen) atoms. The lowest BCUT2D eigenvalue weighted by atomic mass is 9.98. The molecule has 0 aliphatic heterocycles. The second-order valence-corrected chi connectivity index (χ2v) is 4.32. The standard InChI is InChI=1S/C13H10ClF3N2/c14-10-6-7(15)4-5-8(10)13(19-18)9-2-1-3-11(16)12(9)17/h1-6,13,19H,18H2. The predicted molar refractivity (Wildman–Crippen MR) is 66.9 cm³/mol. The molecule has 1 atom stereocenters. The van der Waals surface area contributed by atoms with E-state index in [-0.39, 0.29) is 10.6 Å². The van der Waals surface area contributed by atoms with Gasteiger partial charge in [-0.2, -0.15) is 0 Å². The summed E-state index contributed by atoms with van der Waals surface area (Å²) in [5.74, 6) is 2.84. The first-order valence-corrected chi connectivity index (χ1v) is 5.77. The Labute approximate surface area is 113 Å². The fourth-order valence-corrected chi connectivity index (χ4v) is 2.10. The Morgan fingerprint density at radius 2 is 1.79 bits per heavy atom. The van der Waals surface area contributed by atoms with Gasteiger partial charge in [-0.3, -0.25) is 5.84 Å². The van der Waals surface area contributed by atoms with Gasteiger partial charge in [-0.25, -0.2) is 18.6 Å². The summed E-state index contributed by atoms with van der Waals surface area (Å²) in [6.07, 6.45) is 0. The number of nitrogens with one attached hydrogen (secondary N) is 1. The molecule has 0 fully saturated rings. The molecule has 0 saturated heterocycles. The summed E-state index contributed by atoms with van der Waals surface area (Å²) in [7, 11) is 0. The predicted octanol–water partition coefficient (Wildman–Crippen LogP) is 3.31. The summed E-state index contributed by atoms with van der Waals surface area (Å²) < 4.78 is 40.0. The van der Waals surface area contributed by atoms with Gasteiger partial charge in [-0.1, -0.05) is 29.8 Å². The summed E-state index contributed by atoms with van der Waals surface area (Å²) in [6.45, 7) is 0. The Hall–Kier alpha value is -1.56. The highest BCUT2D eigenvalue weighted by molar-refractivity contribution is 6.31. The molecular formula is C13H10ClF3N2. The van der Waals surface area contributed by atoms with Crippen LogP contribution in [-0.4, -0.2) is 0 Å². The third-order valence-electron chi connectivity index (χ3n) is 2.73. The first-order valence-electron chi connectivity index (χ1n) is 5.39. The Morgan fingerprint density at radius 1 is 1.05 bits per heavy atom. The van der Waals surface area contributed by atoms with Crippen molar-refractivity contribution in [2.45, 2.75) is 6.04 Å². The summed E-state index contributed by atoms with van der Waals surface area (Å²) in [6, 6.07) is 6.48. The monoisotopic (exact) mass is 286 g/mol. The number of halogens is 4. The van der Waals surface area contributed by atoms with Gasteiger partial charge in [0.15, 0.2) is 11.6 Å². The second kappa shape index (κ2) is 5.61. The minimum absolute atomic E-state index is 0.00370. The molecule has 0 heterocycles. The molecule has 6 heteroatoms. The molecule has 100 valence electrons. The Balaban J connectivity index is 2.53. The van der Waals surface area contributed by atoms with E-state index in [4.69, 9.17) is 17.4 Å². The minimum atomic E-state index is -1.02. The second-order valence-electron chi connectivity index (χ2n) is 3.91. The molecular weight excluding hydrogens is 277 g/mol. The quantitative estimate of drug-likeness (QED) is 0.671. The highest BCUT2D eigenvalue weighted by Gasteiger charge is 2.21. The SMILES string of the molecule is NNC(c1ccc(F)cc1Cl)c1cccc(F)c1F. The Bertz CT molecular complexity index is 604. The van der Waals surface area contributed by atoms with Gasteiger partial charge in [0.25, 0.3) is 0 Å². The molecule has 0 radical (unpaired) electrons. The van der Waals surface area contributed by atoms with Crippen LogP contribution in [0.3, 0.4) is 0 Å². The zero-order valence-corrected chi connectivity index (χ0v) is 10.4. The van der Waals surface area contributed by atoms with Crippen LogP contribution < -0.4 is 11.3 Å². The molecule has 1 unspecified atom stereocenters. The maximum atomic E-state index is 13.7. The molecule has 0 amide bonds. The topological polar surface area (TPSA) is 38.0 Å². The molecule has 2 rings (SSSR count). The van der Waals surface area contributed by atoms with E-state index in [9.17, 15) is 13.2 Å². The average molecular weight is 287 g/mol. The zero-order chi connectivity index (χ0) is 14.0. The lowest BCUT2D eigenvalue weighted by Gasteiger charge is -2.19. The molecule has 0 aliphatic carbocycles. The van der Waals surface area contributed by atoms with E-state index < -0.39 is 23.5 Å². The number of rotatable bonds is 3. The van der Waals surface area contributed by atoms with Gasteiger partial charge in [-0.15, -0.1) is 0 Å². The van der Waals surface area contributed by atoms with Crippen LogP contribution in [0, 0.1) is 17.5 Å². The zero-order valence-electron chi connectivity index (χ0n) is 9.63. The van der Waals surface area contributed by atoms with Crippen LogP contribution in [-0.2, 0) is 0 Å². The molecule has 0 bridgehead atoms. The van der Waals surface area contributed by atoms with Crippen LogP contribution in [0.4, 0.5) is 13.2 Å². The molecule has 0 aromatic heterocycles. The first kappa shape index (κ1) is 13.9. The molecule has 0 saturated carbocycles. The number of nitrogens with two attached hydrogens (primary N) is 1. The van der Waals surface area contributed by atoms with Gasteiger partial charge in [-0.05, 0) is 23.8 Å². The lowest BCUT2D eigenvalue weighted by molar-refractivity contribution is 0.483. The Kier molecular flexibility index (Phi) is 4.09. The van der Waals surface area contributed by atoms with E-state index in [0.717, 1.165) is 12.1 Å². The molecule has 0 aliphatic rings. The highest BCUT2D eigenvalue weighted by Crippen LogP contribution is 2.30. The molecule has 2 aromatic carbocycles. The van der Waals surface area contributed by atoms with E-state index >= 15 is 0 Å². The number of benzene rings is 2. The highest BCUT2D eigenvalue weighted by atomic mass is 35.5.